The summed E-state index contributed by atoms with van der Waals surface area (Å²) in [4.78, 5) is 12.4. The average molecular weight is 776 g/mol. The molecule has 0 heterocycles. The molecule has 0 bridgehead atoms. The third-order valence-electron chi connectivity index (χ3n) is 11.6. The minimum atomic E-state index is -1.14. The average Bonchev–Trinajstić information content (AvgIpc) is 3.19. The molecule has 0 saturated heterocycles. The van der Waals surface area contributed by atoms with Gasteiger partial charge in [-0.3, -0.25) is 4.79 Å². The first-order chi connectivity index (χ1) is 27.1. The second-order valence-corrected chi connectivity index (χ2v) is 17.0. The fraction of sp³-hybridized carbons (Fsp3) is 0.900. The lowest BCUT2D eigenvalue weighted by Gasteiger charge is -2.26. The summed E-state index contributed by atoms with van der Waals surface area (Å²) in [7, 11) is 0. The van der Waals surface area contributed by atoms with Gasteiger partial charge in [-0.15, -0.1) is 0 Å². The van der Waals surface area contributed by atoms with Gasteiger partial charge in [0.1, 0.15) is 6.10 Å². The summed E-state index contributed by atoms with van der Waals surface area (Å²) in [6, 6.07) is -0.812. The Balaban J connectivity index is 3.57. The van der Waals surface area contributed by atoms with Gasteiger partial charge in [0.25, 0.3) is 0 Å². The first-order valence-corrected chi connectivity index (χ1v) is 24.6. The zero-order valence-corrected chi connectivity index (χ0v) is 37.1. The predicted octanol–water partition coefficient (Wildman–Crippen LogP) is 14.6. The van der Waals surface area contributed by atoms with Gasteiger partial charge in [-0.25, -0.2) is 0 Å². The molecule has 3 unspecified atom stereocenters. The van der Waals surface area contributed by atoms with Crippen LogP contribution in [0, 0.1) is 0 Å². The van der Waals surface area contributed by atoms with E-state index in [1.807, 2.05) is 0 Å². The second kappa shape index (κ2) is 45.5. The first-order valence-electron chi connectivity index (χ1n) is 24.6. The number of aliphatic hydroxyl groups excluding tert-OH is 3. The normalized spacial score (nSPS) is 13.6. The number of allylic oxidation sites excluding steroid dienone is 4. The van der Waals surface area contributed by atoms with Crippen LogP contribution in [0.1, 0.15) is 264 Å². The van der Waals surface area contributed by atoms with Crippen LogP contribution in [0.25, 0.3) is 0 Å². The van der Waals surface area contributed by atoms with Crippen molar-refractivity contribution in [2.24, 2.45) is 0 Å². The summed E-state index contributed by atoms with van der Waals surface area (Å²) < 4.78 is 0. The van der Waals surface area contributed by atoms with Crippen molar-refractivity contribution in [1.82, 2.24) is 5.32 Å². The molecule has 0 radical (unpaired) electrons. The highest BCUT2D eigenvalue weighted by Crippen LogP contribution is 2.17. The zero-order valence-electron chi connectivity index (χ0n) is 37.1. The summed E-state index contributed by atoms with van der Waals surface area (Å²) in [5, 5.41) is 33.7. The SMILES string of the molecule is CCCCC/C=C\C/C=C\CCCCCCCCCC(=O)NC(CO)C(O)C(O)CCCCCCCCCCCCCCCCCCCCCCCCCC. The Morgan fingerprint density at radius 1 is 0.455 bits per heavy atom. The zero-order chi connectivity index (χ0) is 40.1. The van der Waals surface area contributed by atoms with Crippen molar-refractivity contribution in [1.29, 1.82) is 0 Å². The van der Waals surface area contributed by atoms with Crippen molar-refractivity contribution < 1.29 is 20.1 Å². The van der Waals surface area contributed by atoms with E-state index >= 15 is 0 Å². The Hall–Kier alpha value is -1.17. The van der Waals surface area contributed by atoms with Gasteiger partial charge in [0.15, 0.2) is 0 Å². The molecular weight excluding hydrogens is 679 g/mol. The number of nitrogens with one attached hydrogen (secondary N) is 1. The molecule has 0 aliphatic rings. The smallest absolute Gasteiger partial charge is 0.220 e. The molecule has 0 aromatic carbocycles. The molecule has 3 atom stereocenters. The first kappa shape index (κ1) is 53.8. The van der Waals surface area contributed by atoms with E-state index in [1.165, 1.54) is 186 Å². The summed E-state index contributed by atoms with van der Waals surface area (Å²) in [5.74, 6) is -0.150. The Morgan fingerprint density at radius 2 is 0.782 bits per heavy atom. The maximum atomic E-state index is 12.4. The highest BCUT2D eigenvalue weighted by atomic mass is 16.3. The van der Waals surface area contributed by atoms with Crippen LogP contribution < -0.4 is 5.32 Å². The molecule has 1 amide bonds. The number of carbonyl (C=O) groups is 1. The maximum absolute atomic E-state index is 12.4. The van der Waals surface area contributed by atoms with Crippen molar-refractivity contribution in [2.75, 3.05) is 6.61 Å². The summed E-state index contributed by atoms with van der Waals surface area (Å²) in [5.41, 5.74) is 0. The molecule has 5 heteroatoms. The topological polar surface area (TPSA) is 89.8 Å². The van der Waals surface area contributed by atoms with E-state index in [0.29, 0.717) is 12.8 Å². The van der Waals surface area contributed by atoms with Gasteiger partial charge in [0, 0.05) is 6.42 Å². The molecular formula is C50H97NO4. The van der Waals surface area contributed by atoms with Crippen molar-refractivity contribution in [3.63, 3.8) is 0 Å². The van der Waals surface area contributed by atoms with E-state index in [9.17, 15) is 20.1 Å². The van der Waals surface area contributed by atoms with Crippen molar-refractivity contribution in [3.05, 3.63) is 24.3 Å². The van der Waals surface area contributed by atoms with E-state index < -0.39 is 18.2 Å². The summed E-state index contributed by atoms with van der Waals surface area (Å²) >= 11 is 0. The van der Waals surface area contributed by atoms with Crippen LogP contribution in [0.3, 0.4) is 0 Å². The number of rotatable bonds is 45. The van der Waals surface area contributed by atoms with E-state index in [1.54, 1.807) is 0 Å². The van der Waals surface area contributed by atoms with E-state index in [4.69, 9.17) is 0 Å². The minimum absolute atomic E-state index is 0.150. The Labute approximate surface area is 343 Å². The maximum Gasteiger partial charge on any atom is 0.220 e. The van der Waals surface area contributed by atoms with Crippen LogP contribution in [0.2, 0.25) is 0 Å². The van der Waals surface area contributed by atoms with Crippen LogP contribution in [-0.4, -0.2) is 46.1 Å². The molecule has 0 aliphatic carbocycles. The van der Waals surface area contributed by atoms with Crippen LogP contribution >= 0.6 is 0 Å². The van der Waals surface area contributed by atoms with Crippen LogP contribution in [0.5, 0.6) is 0 Å². The van der Waals surface area contributed by atoms with Gasteiger partial charge in [-0.2, -0.15) is 0 Å². The van der Waals surface area contributed by atoms with Gasteiger partial charge in [0.05, 0.1) is 18.8 Å². The van der Waals surface area contributed by atoms with Gasteiger partial charge in [-0.1, -0.05) is 237 Å². The lowest BCUT2D eigenvalue weighted by Crippen LogP contribution is -2.50. The fourth-order valence-electron chi connectivity index (χ4n) is 7.72. The van der Waals surface area contributed by atoms with Crippen molar-refractivity contribution in [2.45, 2.75) is 283 Å². The van der Waals surface area contributed by atoms with E-state index in [-0.39, 0.29) is 12.5 Å². The number of hydrogen-bond acceptors (Lipinski definition) is 4. The standard InChI is InChI=1S/C50H97NO4/c1-3-5-7-9-11-13-15-17-19-21-22-23-24-25-26-27-29-30-32-34-36-38-40-42-44-48(53)50(55)47(46-52)51-49(54)45-43-41-39-37-35-33-31-28-20-18-16-14-12-10-8-6-4-2/h12,14,18,20,47-48,50,52-53,55H,3-11,13,15-17,19,21-46H2,1-2H3,(H,51,54)/b14-12-,20-18-. The quantitative estimate of drug-likeness (QED) is 0.0366. The second-order valence-electron chi connectivity index (χ2n) is 17.0. The number of carbonyl (C=O) groups excluding carboxylic acids is 1. The lowest BCUT2D eigenvalue weighted by molar-refractivity contribution is -0.124. The number of hydrogen-bond donors (Lipinski definition) is 4. The van der Waals surface area contributed by atoms with Crippen molar-refractivity contribution >= 4 is 5.91 Å². The predicted molar refractivity (Wildman–Crippen MR) is 241 cm³/mol. The van der Waals surface area contributed by atoms with E-state index in [0.717, 1.165) is 51.4 Å². The monoisotopic (exact) mass is 776 g/mol. The molecule has 4 N–H and O–H groups in total. The van der Waals surface area contributed by atoms with Gasteiger partial charge >= 0.3 is 0 Å². The Kier molecular flexibility index (Phi) is 44.6. The van der Waals surface area contributed by atoms with Crippen LogP contribution in [0.4, 0.5) is 0 Å². The molecule has 0 spiro atoms. The third kappa shape index (κ3) is 40.8. The molecule has 55 heavy (non-hydrogen) atoms. The number of aliphatic hydroxyl groups is 3. The molecule has 0 fully saturated rings. The highest BCUT2D eigenvalue weighted by molar-refractivity contribution is 5.76. The van der Waals surface area contributed by atoms with Crippen LogP contribution in [-0.2, 0) is 4.79 Å². The van der Waals surface area contributed by atoms with E-state index in [2.05, 4.69) is 43.5 Å². The number of unbranched alkanes of at least 4 members (excludes halogenated alkanes) is 33. The number of amides is 1. The molecule has 0 aromatic heterocycles. The molecule has 0 saturated carbocycles. The summed E-state index contributed by atoms with van der Waals surface area (Å²) in [6.07, 6.45) is 55.8. The lowest BCUT2D eigenvalue weighted by atomic mass is 9.99. The Morgan fingerprint density at radius 3 is 1.18 bits per heavy atom. The molecule has 0 aromatic rings. The van der Waals surface area contributed by atoms with Gasteiger partial charge < -0.3 is 20.6 Å². The fourth-order valence-corrected chi connectivity index (χ4v) is 7.72. The molecule has 0 rings (SSSR count). The highest BCUT2D eigenvalue weighted by Gasteiger charge is 2.26. The third-order valence-corrected chi connectivity index (χ3v) is 11.6. The van der Waals surface area contributed by atoms with Gasteiger partial charge in [0.2, 0.25) is 5.91 Å². The largest absolute Gasteiger partial charge is 0.394 e. The molecule has 326 valence electrons. The minimum Gasteiger partial charge on any atom is -0.394 e. The summed E-state index contributed by atoms with van der Waals surface area (Å²) in [6.45, 7) is 4.17. The Bertz CT molecular complexity index is 814. The van der Waals surface area contributed by atoms with Gasteiger partial charge in [-0.05, 0) is 44.9 Å². The molecule has 0 aliphatic heterocycles. The molecule has 5 nitrogen and oxygen atoms in total. The van der Waals surface area contributed by atoms with Crippen molar-refractivity contribution in [3.8, 4) is 0 Å². The van der Waals surface area contributed by atoms with Crippen LogP contribution in [0.15, 0.2) is 24.3 Å².